The summed E-state index contributed by atoms with van der Waals surface area (Å²) >= 11 is 12.1. The Labute approximate surface area is 135 Å². The van der Waals surface area contributed by atoms with Crippen LogP contribution in [-0.4, -0.2) is 36.6 Å². The second kappa shape index (κ2) is 6.97. The van der Waals surface area contributed by atoms with Crippen LogP contribution in [0.4, 0.5) is 0 Å². The maximum absolute atomic E-state index is 12.5. The molecule has 21 heavy (non-hydrogen) atoms. The van der Waals surface area contributed by atoms with Crippen LogP contribution in [0.25, 0.3) is 0 Å². The van der Waals surface area contributed by atoms with Crippen LogP contribution < -0.4 is 5.73 Å². The predicted octanol–water partition coefficient (Wildman–Crippen LogP) is 3.02. The lowest BCUT2D eigenvalue weighted by atomic mass is 10.1. The van der Waals surface area contributed by atoms with Crippen molar-refractivity contribution in [3.8, 4) is 0 Å². The number of ether oxygens (including phenoxy) is 1. The number of likely N-dealkylation sites (N-methyl/N-ethyl adjacent to an activating group) is 1. The Hall–Kier alpha value is -0.810. The second-order valence-electron chi connectivity index (χ2n) is 5.35. The largest absolute Gasteiger partial charge is 0.364 e. The van der Waals surface area contributed by atoms with Crippen molar-refractivity contribution < 1.29 is 9.53 Å². The van der Waals surface area contributed by atoms with Gasteiger partial charge in [0.05, 0.1) is 12.1 Å². The van der Waals surface area contributed by atoms with Crippen LogP contribution in [-0.2, 0) is 9.53 Å². The fourth-order valence-electron chi connectivity index (χ4n) is 2.53. The molecule has 1 aliphatic rings. The standard InChI is InChI=1S/C15H20Cl2N2O2/c1-9(12-5-3-10(16)7-13(12)17)19(2)15(20)14-6-4-11(8-18)21-14/h3,5,7,9,11,14H,4,6,8,18H2,1-2H3. The molecule has 0 radical (unpaired) electrons. The molecule has 4 nitrogen and oxygen atoms in total. The number of nitrogens with two attached hydrogens (primary N) is 1. The minimum absolute atomic E-state index is 0.0122. The molecule has 1 heterocycles. The molecule has 0 bridgehead atoms. The van der Waals surface area contributed by atoms with E-state index in [9.17, 15) is 4.79 Å². The molecule has 6 heteroatoms. The van der Waals surface area contributed by atoms with Crippen LogP contribution in [0.15, 0.2) is 18.2 Å². The van der Waals surface area contributed by atoms with Crippen LogP contribution in [0, 0.1) is 0 Å². The first-order valence-electron chi connectivity index (χ1n) is 7.01. The highest BCUT2D eigenvalue weighted by Crippen LogP contribution is 2.30. The Balaban J connectivity index is 2.08. The van der Waals surface area contributed by atoms with Gasteiger partial charge in [0.1, 0.15) is 6.10 Å². The van der Waals surface area contributed by atoms with Gasteiger partial charge in [-0.15, -0.1) is 0 Å². The van der Waals surface area contributed by atoms with Crippen LogP contribution in [0.2, 0.25) is 10.0 Å². The van der Waals surface area contributed by atoms with E-state index in [2.05, 4.69) is 0 Å². The van der Waals surface area contributed by atoms with E-state index < -0.39 is 6.10 Å². The average Bonchev–Trinajstić information content (AvgIpc) is 2.94. The van der Waals surface area contributed by atoms with Gasteiger partial charge in [-0.05, 0) is 37.5 Å². The molecule has 1 amide bonds. The SMILES string of the molecule is CC(c1ccc(Cl)cc1Cl)N(C)C(=O)C1CCC(CN)O1. The lowest BCUT2D eigenvalue weighted by molar-refractivity contribution is -0.143. The molecule has 1 fully saturated rings. The van der Waals surface area contributed by atoms with E-state index in [-0.39, 0.29) is 18.1 Å². The summed E-state index contributed by atoms with van der Waals surface area (Å²) < 4.78 is 5.66. The molecule has 0 aliphatic carbocycles. The number of nitrogens with zero attached hydrogens (tertiary/aromatic N) is 1. The molecule has 3 unspecified atom stereocenters. The molecule has 3 atom stereocenters. The highest BCUT2D eigenvalue weighted by Gasteiger charge is 2.33. The molecular formula is C15H20Cl2N2O2. The smallest absolute Gasteiger partial charge is 0.251 e. The fourth-order valence-corrected chi connectivity index (χ4v) is 3.09. The predicted molar refractivity (Wildman–Crippen MR) is 84.6 cm³/mol. The Morgan fingerprint density at radius 3 is 2.76 bits per heavy atom. The van der Waals surface area contributed by atoms with E-state index >= 15 is 0 Å². The normalized spacial score (nSPS) is 23.1. The molecular weight excluding hydrogens is 311 g/mol. The third-order valence-corrected chi connectivity index (χ3v) is 4.55. The Morgan fingerprint density at radius 2 is 2.19 bits per heavy atom. The molecule has 2 N–H and O–H groups in total. The highest BCUT2D eigenvalue weighted by molar-refractivity contribution is 6.35. The Bertz CT molecular complexity index is 524. The van der Waals surface area contributed by atoms with Gasteiger partial charge >= 0.3 is 0 Å². The maximum Gasteiger partial charge on any atom is 0.251 e. The molecule has 0 spiro atoms. The first-order chi connectivity index (χ1) is 9.93. The van der Waals surface area contributed by atoms with Gasteiger partial charge < -0.3 is 15.4 Å². The fraction of sp³-hybridized carbons (Fsp3) is 0.533. The number of carbonyl (C=O) groups excluding carboxylic acids is 1. The Kier molecular flexibility index (Phi) is 5.49. The first-order valence-corrected chi connectivity index (χ1v) is 7.76. The van der Waals surface area contributed by atoms with Crippen molar-refractivity contribution in [3.63, 3.8) is 0 Å². The summed E-state index contributed by atoms with van der Waals surface area (Å²) in [5, 5.41) is 1.14. The summed E-state index contributed by atoms with van der Waals surface area (Å²) in [6.45, 7) is 2.38. The van der Waals surface area contributed by atoms with E-state index in [0.717, 1.165) is 12.0 Å². The van der Waals surface area contributed by atoms with Crippen molar-refractivity contribution in [2.24, 2.45) is 5.73 Å². The summed E-state index contributed by atoms with van der Waals surface area (Å²) in [6, 6.07) is 5.15. The minimum Gasteiger partial charge on any atom is -0.364 e. The zero-order valence-corrected chi connectivity index (χ0v) is 13.7. The van der Waals surface area contributed by atoms with Crippen LogP contribution in [0.3, 0.4) is 0 Å². The summed E-state index contributed by atoms with van der Waals surface area (Å²) in [4.78, 5) is 14.2. The van der Waals surface area contributed by atoms with Crippen molar-refractivity contribution in [1.82, 2.24) is 4.90 Å². The second-order valence-corrected chi connectivity index (χ2v) is 6.19. The topological polar surface area (TPSA) is 55.6 Å². The number of hydrogen-bond donors (Lipinski definition) is 1. The molecule has 1 aromatic carbocycles. The molecule has 1 aliphatic heterocycles. The summed E-state index contributed by atoms with van der Waals surface area (Å²) in [6.07, 6.45) is 1.13. The lowest BCUT2D eigenvalue weighted by Crippen LogP contribution is -2.38. The minimum atomic E-state index is -0.405. The summed E-state index contributed by atoms with van der Waals surface area (Å²) in [5.41, 5.74) is 6.44. The van der Waals surface area contributed by atoms with Gasteiger partial charge in [0.25, 0.3) is 5.91 Å². The van der Waals surface area contributed by atoms with Crippen molar-refractivity contribution in [2.45, 2.75) is 38.0 Å². The molecule has 0 saturated carbocycles. The number of hydrogen-bond acceptors (Lipinski definition) is 3. The zero-order chi connectivity index (χ0) is 15.6. The van der Waals surface area contributed by atoms with Gasteiger partial charge in [-0.3, -0.25) is 4.79 Å². The highest BCUT2D eigenvalue weighted by atomic mass is 35.5. The number of amides is 1. The number of benzene rings is 1. The van der Waals surface area contributed by atoms with E-state index in [1.165, 1.54) is 0 Å². The number of halogens is 2. The molecule has 116 valence electrons. The van der Waals surface area contributed by atoms with Gasteiger partial charge in [0.2, 0.25) is 0 Å². The third kappa shape index (κ3) is 3.69. The van der Waals surface area contributed by atoms with E-state index in [4.69, 9.17) is 33.7 Å². The van der Waals surface area contributed by atoms with E-state index in [1.54, 1.807) is 24.1 Å². The number of rotatable bonds is 4. The van der Waals surface area contributed by atoms with Crippen LogP contribution >= 0.6 is 23.2 Å². The molecule has 1 saturated heterocycles. The van der Waals surface area contributed by atoms with Gasteiger partial charge in [-0.25, -0.2) is 0 Å². The van der Waals surface area contributed by atoms with Crippen molar-refractivity contribution in [1.29, 1.82) is 0 Å². The van der Waals surface area contributed by atoms with Crippen molar-refractivity contribution in [3.05, 3.63) is 33.8 Å². The van der Waals surface area contributed by atoms with E-state index in [0.29, 0.717) is 23.0 Å². The lowest BCUT2D eigenvalue weighted by Gasteiger charge is -2.28. The summed E-state index contributed by atoms with van der Waals surface area (Å²) in [7, 11) is 1.76. The molecule has 1 aromatic rings. The van der Waals surface area contributed by atoms with E-state index in [1.807, 2.05) is 13.0 Å². The monoisotopic (exact) mass is 330 g/mol. The van der Waals surface area contributed by atoms with Gasteiger partial charge in [0.15, 0.2) is 0 Å². The average molecular weight is 331 g/mol. The zero-order valence-electron chi connectivity index (χ0n) is 12.2. The molecule has 2 rings (SSSR count). The summed E-state index contributed by atoms with van der Waals surface area (Å²) in [5.74, 6) is -0.0375. The van der Waals surface area contributed by atoms with Gasteiger partial charge in [0, 0.05) is 23.6 Å². The van der Waals surface area contributed by atoms with Gasteiger partial charge in [-0.2, -0.15) is 0 Å². The third-order valence-electron chi connectivity index (χ3n) is 3.99. The molecule has 0 aromatic heterocycles. The number of carbonyl (C=O) groups is 1. The Morgan fingerprint density at radius 1 is 1.48 bits per heavy atom. The van der Waals surface area contributed by atoms with Crippen molar-refractivity contribution >= 4 is 29.1 Å². The van der Waals surface area contributed by atoms with Crippen LogP contribution in [0.1, 0.15) is 31.4 Å². The van der Waals surface area contributed by atoms with Gasteiger partial charge in [-0.1, -0.05) is 29.3 Å². The van der Waals surface area contributed by atoms with Crippen molar-refractivity contribution in [2.75, 3.05) is 13.6 Å². The van der Waals surface area contributed by atoms with Crippen LogP contribution in [0.5, 0.6) is 0 Å². The first kappa shape index (κ1) is 16.6. The maximum atomic E-state index is 12.5. The quantitative estimate of drug-likeness (QED) is 0.923.